The Hall–Kier alpha value is -2.54. The molecule has 15 heteroatoms. The fourth-order valence-electron chi connectivity index (χ4n) is 7.99. The molecule has 394 valence electrons. The molecule has 0 spiro atoms. The minimum atomic E-state index is -1.77. The summed E-state index contributed by atoms with van der Waals surface area (Å²) in [7, 11) is 0. The van der Waals surface area contributed by atoms with Crippen molar-refractivity contribution in [3.8, 4) is 0 Å². The molecule has 0 aliphatic carbocycles. The maximum atomic E-state index is 13.0. The number of rotatable bonds is 40. The summed E-state index contributed by atoms with van der Waals surface area (Å²) in [6.45, 7) is 2.45. The quantitative estimate of drug-likeness (QED) is 0.0179. The van der Waals surface area contributed by atoms with Gasteiger partial charge in [0.15, 0.2) is 18.7 Å². The molecule has 2 saturated heterocycles. The van der Waals surface area contributed by atoms with Gasteiger partial charge in [0.25, 0.3) is 0 Å². The molecule has 0 radical (unpaired) electrons. The van der Waals surface area contributed by atoms with Crippen molar-refractivity contribution in [3.05, 3.63) is 48.6 Å². The van der Waals surface area contributed by atoms with E-state index >= 15 is 0 Å². The molecule has 0 aromatic carbocycles. The molecule has 7 N–H and O–H groups in total. The Kier molecular flexibility index (Phi) is 36.3. The molecule has 0 amide bonds. The fraction of sp³-hybridized carbons (Fsp3) is 0.811. The average molecular weight is 969 g/mol. The van der Waals surface area contributed by atoms with Crippen molar-refractivity contribution in [2.75, 3.05) is 26.4 Å². The summed E-state index contributed by atoms with van der Waals surface area (Å²) in [5.74, 6) is -0.950. The largest absolute Gasteiger partial charge is 0.462 e. The van der Waals surface area contributed by atoms with Crippen LogP contribution in [0.25, 0.3) is 0 Å². The number of aliphatic hydroxyl groups excluding tert-OH is 7. The molecule has 0 aromatic heterocycles. The summed E-state index contributed by atoms with van der Waals surface area (Å²) < 4.78 is 33.6. The predicted molar refractivity (Wildman–Crippen MR) is 261 cm³/mol. The van der Waals surface area contributed by atoms with Crippen molar-refractivity contribution in [2.24, 2.45) is 0 Å². The van der Waals surface area contributed by atoms with Gasteiger partial charge in [-0.1, -0.05) is 146 Å². The van der Waals surface area contributed by atoms with Gasteiger partial charge in [0, 0.05) is 12.8 Å². The summed E-state index contributed by atoms with van der Waals surface area (Å²) in [6.07, 6.45) is 27.1. The lowest BCUT2D eigenvalue weighted by Crippen LogP contribution is -2.61. The van der Waals surface area contributed by atoms with Crippen LogP contribution in [0.3, 0.4) is 0 Å². The monoisotopic (exact) mass is 969 g/mol. The van der Waals surface area contributed by atoms with E-state index in [-0.39, 0.29) is 19.4 Å². The third-order valence-electron chi connectivity index (χ3n) is 12.3. The van der Waals surface area contributed by atoms with Crippen molar-refractivity contribution in [3.63, 3.8) is 0 Å². The molecule has 11 atom stereocenters. The third kappa shape index (κ3) is 27.7. The summed E-state index contributed by atoms with van der Waals surface area (Å²) >= 11 is 0. The summed E-state index contributed by atoms with van der Waals surface area (Å²) in [6, 6.07) is 0. The summed E-state index contributed by atoms with van der Waals surface area (Å²) in [5.41, 5.74) is 0. The Morgan fingerprint density at radius 2 is 0.926 bits per heavy atom. The van der Waals surface area contributed by atoms with Crippen LogP contribution in [-0.2, 0) is 38.0 Å². The van der Waals surface area contributed by atoms with Crippen molar-refractivity contribution in [1.82, 2.24) is 0 Å². The molecule has 11 unspecified atom stereocenters. The molecule has 68 heavy (non-hydrogen) atoms. The van der Waals surface area contributed by atoms with E-state index in [2.05, 4.69) is 62.5 Å². The van der Waals surface area contributed by atoms with Crippen LogP contribution in [0.15, 0.2) is 48.6 Å². The van der Waals surface area contributed by atoms with Gasteiger partial charge >= 0.3 is 11.9 Å². The normalized spacial score (nSPS) is 26.1. The highest BCUT2D eigenvalue weighted by Crippen LogP contribution is 2.26. The minimum absolute atomic E-state index is 0.144. The SMILES string of the molecule is CC/C=C\C/C=C\C/C=C\CCCCCCCC(=O)OC(COC(=O)CCCCCCCCC/C=C\CCCCCCCC)COC1OC(COC2OC(CO)C(O)C(O)C2O)C(O)C(O)C1O. The van der Waals surface area contributed by atoms with E-state index in [9.17, 15) is 45.3 Å². The summed E-state index contributed by atoms with van der Waals surface area (Å²) in [5, 5.41) is 72.1. The van der Waals surface area contributed by atoms with Crippen molar-refractivity contribution in [2.45, 2.75) is 248 Å². The second-order valence-corrected chi connectivity index (χ2v) is 18.3. The van der Waals surface area contributed by atoms with E-state index in [1.807, 2.05) is 0 Å². The minimum Gasteiger partial charge on any atom is -0.462 e. The highest BCUT2D eigenvalue weighted by molar-refractivity contribution is 5.70. The standard InChI is InChI=1S/C53H92O15/c1-3-5-7-9-11-13-15-17-19-20-22-23-25-27-29-31-33-35-44(55)63-38-41(66-45(56)36-34-32-30-28-26-24-21-18-16-14-12-10-8-6-4-2)39-64-52-51(62)49(60)47(58)43(68-52)40-65-53-50(61)48(59)46(57)42(37-54)67-53/h6,8,12,14,17-19,21,41-43,46-54,57-62H,3-5,7,9-11,13,15-16,20,22-40H2,1-2H3/b8-6-,14-12-,19-17-,21-18-. The molecule has 15 nitrogen and oxygen atoms in total. The molecule has 2 aliphatic rings. The van der Waals surface area contributed by atoms with Gasteiger partial charge in [0.1, 0.15) is 55.4 Å². The first-order valence-corrected chi connectivity index (χ1v) is 26.2. The second kappa shape index (κ2) is 40.1. The topological polar surface area (TPSA) is 231 Å². The van der Waals surface area contributed by atoms with Crippen LogP contribution in [0, 0.1) is 0 Å². The van der Waals surface area contributed by atoms with E-state index < -0.39 is 99.3 Å². The van der Waals surface area contributed by atoms with Gasteiger partial charge in [-0.25, -0.2) is 0 Å². The van der Waals surface area contributed by atoms with Crippen LogP contribution in [0.5, 0.6) is 0 Å². The molecular formula is C53H92O15. The smallest absolute Gasteiger partial charge is 0.306 e. The van der Waals surface area contributed by atoms with Crippen LogP contribution in [0.4, 0.5) is 0 Å². The molecule has 0 aromatic rings. The van der Waals surface area contributed by atoms with Crippen molar-refractivity contribution < 1.29 is 73.8 Å². The highest BCUT2D eigenvalue weighted by atomic mass is 16.7. The highest BCUT2D eigenvalue weighted by Gasteiger charge is 2.47. The number of carbonyl (C=O) groups excluding carboxylic acids is 2. The lowest BCUT2D eigenvalue weighted by atomic mass is 9.98. The zero-order chi connectivity index (χ0) is 49.6. The van der Waals surface area contributed by atoms with Crippen molar-refractivity contribution in [1.29, 1.82) is 0 Å². The lowest BCUT2D eigenvalue weighted by molar-refractivity contribution is -0.332. The molecule has 2 heterocycles. The Morgan fingerprint density at radius 3 is 1.47 bits per heavy atom. The molecule has 0 saturated carbocycles. The van der Waals surface area contributed by atoms with E-state index in [4.69, 9.17) is 28.4 Å². The van der Waals surface area contributed by atoms with Gasteiger partial charge in [-0.3, -0.25) is 9.59 Å². The first-order chi connectivity index (χ1) is 33.0. The lowest BCUT2D eigenvalue weighted by Gasteiger charge is -2.42. The zero-order valence-electron chi connectivity index (χ0n) is 41.6. The molecule has 2 fully saturated rings. The van der Waals surface area contributed by atoms with E-state index in [0.29, 0.717) is 12.8 Å². The number of unbranched alkanes of at least 4 members (excludes halogenated alkanes) is 18. The number of hydrogen-bond donors (Lipinski definition) is 7. The maximum absolute atomic E-state index is 13.0. The molecule has 2 aliphatic heterocycles. The third-order valence-corrected chi connectivity index (χ3v) is 12.3. The van der Waals surface area contributed by atoms with Gasteiger partial charge in [-0.2, -0.15) is 0 Å². The number of aliphatic hydroxyl groups is 7. The average Bonchev–Trinajstić information content (AvgIpc) is 3.33. The summed E-state index contributed by atoms with van der Waals surface area (Å²) in [4.78, 5) is 25.8. The Bertz CT molecular complexity index is 1370. The van der Waals surface area contributed by atoms with Crippen LogP contribution < -0.4 is 0 Å². The zero-order valence-corrected chi connectivity index (χ0v) is 41.6. The van der Waals surface area contributed by atoms with Crippen LogP contribution in [-0.4, -0.2) is 142 Å². The Labute approximate surface area is 408 Å². The van der Waals surface area contributed by atoms with Crippen LogP contribution in [0.1, 0.15) is 181 Å². The van der Waals surface area contributed by atoms with E-state index in [1.54, 1.807) is 0 Å². The van der Waals surface area contributed by atoms with Crippen molar-refractivity contribution >= 4 is 11.9 Å². The molecule has 0 bridgehead atoms. The van der Waals surface area contributed by atoms with Gasteiger partial charge in [-0.05, 0) is 70.6 Å². The number of carbonyl (C=O) groups is 2. The Morgan fingerprint density at radius 1 is 0.485 bits per heavy atom. The van der Waals surface area contributed by atoms with Gasteiger partial charge < -0.3 is 64.2 Å². The van der Waals surface area contributed by atoms with Gasteiger partial charge in [-0.15, -0.1) is 0 Å². The van der Waals surface area contributed by atoms with Crippen LogP contribution >= 0.6 is 0 Å². The number of ether oxygens (including phenoxy) is 6. The second-order valence-electron chi connectivity index (χ2n) is 18.3. The predicted octanol–water partition coefficient (Wildman–Crippen LogP) is 7.49. The van der Waals surface area contributed by atoms with E-state index in [0.717, 1.165) is 83.5 Å². The van der Waals surface area contributed by atoms with Gasteiger partial charge in [0.2, 0.25) is 0 Å². The first kappa shape index (κ1) is 61.6. The van der Waals surface area contributed by atoms with E-state index in [1.165, 1.54) is 57.8 Å². The molecular weight excluding hydrogens is 877 g/mol. The number of hydrogen-bond acceptors (Lipinski definition) is 15. The Balaban J connectivity index is 1.81. The first-order valence-electron chi connectivity index (χ1n) is 26.2. The fourth-order valence-corrected chi connectivity index (χ4v) is 7.99. The van der Waals surface area contributed by atoms with Crippen LogP contribution in [0.2, 0.25) is 0 Å². The maximum Gasteiger partial charge on any atom is 0.306 e. The van der Waals surface area contributed by atoms with Gasteiger partial charge in [0.05, 0.1) is 19.8 Å². The number of allylic oxidation sites excluding steroid dienone is 8. The molecule has 2 rings (SSSR count). The number of esters is 2.